The Kier molecular flexibility index (Phi) is 8.87. The van der Waals surface area contributed by atoms with Gasteiger partial charge in [-0.2, -0.15) is 13.2 Å². The van der Waals surface area contributed by atoms with Crippen LogP contribution in [0.25, 0.3) is 11.1 Å². The van der Waals surface area contributed by atoms with E-state index in [1.54, 1.807) is 42.5 Å². The highest BCUT2D eigenvalue weighted by Crippen LogP contribution is 2.38. The number of anilines is 1. The Bertz CT molecular complexity index is 1840. The summed E-state index contributed by atoms with van der Waals surface area (Å²) in [6, 6.07) is 21.1. The van der Waals surface area contributed by atoms with E-state index in [4.69, 9.17) is 9.47 Å². The van der Waals surface area contributed by atoms with Gasteiger partial charge in [0.1, 0.15) is 11.8 Å². The highest BCUT2D eigenvalue weighted by molar-refractivity contribution is 7.93. The van der Waals surface area contributed by atoms with Gasteiger partial charge in [0.25, 0.3) is 10.0 Å². The van der Waals surface area contributed by atoms with Gasteiger partial charge in [0, 0.05) is 18.5 Å². The molecule has 1 atom stereocenters. The van der Waals surface area contributed by atoms with Gasteiger partial charge in [0.15, 0.2) is 0 Å². The highest BCUT2D eigenvalue weighted by Gasteiger charge is 2.42. The summed E-state index contributed by atoms with van der Waals surface area (Å²) in [5.41, 5.74) is 2.20. The van der Waals surface area contributed by atoms with Gasteiger partial charge in [-0.15, -0.1) is 0 Å². The van der Waals surface area contributed by atoms with Gasteiger partial charge in [-0.1, -0.05) is 54.6 Å². The number of carbonyl (C=O) groups is 2. The van der Waals surface area contributed by atoms with Crippen molar-refractivity contribution in [2.75, 3.05) is 18.5 Å². The summed E-state index contributed by atoms with van der Waals surface area (Å²) in [6.07, 6.45) is -4.33. The van der Waals surface area contributed by atoms with Gasteiger partial charge in [-0.25, -0.2) is 8.42 Å². The molecule has 1 aliphatic heterocycles. The van der Waals surface area contributed by atoms with Crippen LogP contribution in [0.2, 0.25) is 0 Å². The van der Waals surface area contributed by atoms with Crippen molar-refractivity contribution in [3.63, 3.8) is 0 Å². The van der Waals surface area contributed by atoms with Crippen LogP contribution < -0.4 is 14.4 Å². The van der Waals surface area contributed by atoms with Crippen LogP contribution in [0.4, 0.5) is 18.9 Å². The van der Waals surface area contributed by atoms with Crippen molar-refractivity contribution in [3.8, 4) is 16.9 Å². The van der Waals surface area contributed by atoms with Gasteiger partial charge >= 0.3 is 12.1 Å². The van der Waals surface area contributed by atoms with Gasteiger partial charge < -0.3 is 14.8 Å². The molecule has 0 bridgehead atoms. The summed E-state index contributed by atoms with van der Waals surface area (Å²) in [6.45, 7) is 0.0347. The number of hydrogen-bond acceptors (Lipinski definition) is 6. The molecule has 0 radical (unpaired) electrons. The van der Waals surface area contributed by atoms with E-state index in [1.165, 1.54) is 50.6 Å². The van der Waals surface area contributed by atoms with E-state index in [2.05, 4.69) is 5.32 Å². The first kappa shape index (κ1) is 31.6. The number of rotatable bonds is 9. The monoisotopic (exact) mass is 638 g/mol. The standard InChI is InChI=1S/C33H29F3N2O6S/c1-43-30-16-21(17-31(39)44-2)10-11-25(30)20-37-32(40)29-19-24-6-3-4-9-28(24)38(29)45(41,42)27-14-12-22(13-15-27)23-7-5-8-26(18-23)33(34,35)36/h3-16,18,29H,17,19-20H2,1-2H3,(H,37,40)/t29-/m0/s1. The first-order valence-electron chi connectivity index (χ1n) is 13.8. The van der Waals surface area contributed by atoms with Crippen LogP contribution in [0.3, 0.4) is 0 Å². The number of halogens is 3. The largest absolute Gasteiger partial charge is 0.496 e. The number of hydrogen-bond donors (Lipinski definition) is 1. The average molecular weight is 639 g/mol. The maximum atomic E-state index is 14.0. The zero-order valence-corrected chi connectivity index (χ0v) is 25.1. The predicted molar refractivity (Wildman–Crippen MR) is 161 cm³/mol. The number of para-hydroxylation sites is 1. The minimum atomic E-state index is -4.52. The molecule has 1 N–H and O–H groups in total. The van der Waals surface area contributed by atoms with E-state index in [9.17, 15) is 31.2 Å². The average Bonchev–Trinajstić information content (AvgIpc) is 3.44. The quantitative estimate of drug-likeness (QED) is 0.242. The Hall–Kier alpha value is -4.84. The second-order valence-electron chi connectivity index (χ2n) is 10.4. The Morgan fingerprint density at radius 2 is 1.64 bits per heavy atom. The van der Waals surface area contributed by atoms with Crippen LogP contribution in [0.1, 0.15) is 22.3 Å². The molecular weight excluding hydrogens is 609 g/mol. The third kappa shape index (κ3) is 6.65. The number of methoxy groups -OCH3 is 2. The Morgan fingerprint density at radius 1 is 0.911 bits per heavy atom. The van der Waals surface area contributed by atoms with Gasteiger partial charge in [-0.3, -0.25) is 13.9 Å². The predicted octanol–water partition coefficient (Wildman–Crippen LogP) is 5.53. The Balaban J connectivity index is 1.39. The summed E-state index contributed by atoms with van der Waals surface area (Å²) in [5.74, 6) is -0.502. The minimum absolute atomic E-state index is 0.0347. The summed E-state index contributed by atoms with van der Waals surface area (Å²) >= 11 is 0. The molecule has 4 aromatic rings. The number of nitrogens with zero attached hydrogens (tertiary/aromatic N) is 1. The van der Waals surface area contributed by atoms with Crippen molar-refractivity contribution in [3.05, 3.63) is 113 Å². The molecule has 1 heterocycles. The number of ether oxygens (including phenoxy) is 2. The maximum Gasteiger partial charge on any atom is 0.416 e. The normalized spacial score (nSPS) is 14.5. The third-order valence-electron chi connectivity index (χ3n) is 7.54. The van der Waals surface area contributed by atoms with E-state index < -0.39 is 39.7 Å². The summed E-state index contributed by atoms with van der Waals surface area (Å²) in [4.78, 5) is 25.1. The van der Waals surface area contributed by atoms with Crippen molar-refractivity contribution in [2.45, 2.75) is 36.5 Å². The zero-order chi connectivity index (χ0) is 32.4. The van der Waals surface area contributed by atoms with E-state index in [0.717, 1.165) is 16.4 Å². The number of amides is 1. The van der Waals surface area contributed by atoms with E-state index >= 15 is 0 Å². The fraction of sp³-hybridized carbons (Fsp3) is 0.212. The summed E-state index contributed by atoms with van der Waals surface area (Å²) < 4.78 is 78.9. The van der Waals surface area contributed by atoms with Crippen molar-refractivity contribution >= 4 is 27.6 Å². The van der Waals surface area contributed by atoms with Crippen LogP contribution in [0.5, 0.6) is 5.75 Å². The molecule has 12 heteroatoms. The smallest absolute Gasteiger partial charge is 0.416 e. The van der Waals surface area contributed by atoms with Crippen molar-refractivity contribution < 1.29 is 40.7 Å². The molecule has 45 heavy (non-hydrogen) atoms. The second-order valence-corrected chi connectivity index (χ2v) is 12.2. The highest BCUT2D eigenvalue weighted by atomic mass is 32.2. The van der Waals surface area contributed by atoms with E-state index in [1.807, 2.05) is 0 Å². The fourth-order valence-electron chi connectivity index (χ4n) is 5.25. The Labute approximate surface area is 258 Å². The van der Waals surface area contributed by atoms with Crippen LogP contribution in [-0.4, -0.2) is 40.6 Å². The molecule has 0 saturated heterocycles. The summed E-state index contributed by atoms with van der Waals surface area (Å²) in [7, 11) is -1.51. The fourth-order valence-corrected chi connectivity index (χ4v) is 6.90. The van der Waals surface area contributed by atoms with Gasteiger partial charge in [0.2, 0.25) is 5.91 Å². The number of alkyl halides is 3. The number of sulfonamides is 1. The number of fused-ring (bicyclic) bond motifs is 1. The van der Waals surface area contributed by atoms with Gasteiger partial charge in [0.05, 0.1) is 36.8 Å². The van der Waals surface area contributed by atoms with Crippen molar-refractivity contribution in [1.82, 2.24) is 5.32 Å². The Morgan fingerprint density at radius 3 is 2.33 bits per heavy atom. The molecule has 0 aliphatic carbocycles. The maximum absolute atomic E-state index is 14.0. The number of carbonyl (C=O) groups excluding carboxylic acids is 2. The molecule has 0 spiro atoms. The topological polar surface area (TPSA) is 102 Å². The zero-order valence-electron chi connectivity index (χ0n) is 24.3. The lowest BCUT2D eigenvalue weighted by atomic mass is 10.0. The lowest BCUT2D eigenvalue weighted by Gasteiger charge is -2.26. The molecule has 1 amide bonds. The summed E-state index contributed by atoms with van der Waals surface area (Å²) in [5, 5.41) is 2.81. The van der Waals surface area contributed by atoms with Crippen LogP contribution in [-0.2, 0) is 49.9 Å². The van der Waals surface area contributed by atoms with Crippen molar-refractivity contribution in [2.24, 2.45) is 0 Å². The number of nitrogens with one attached hydrogen (secondary N) is 1. The van der Waals surface area contributed by atoms with Crippen molar-refractivity contribution in [1.29, 1.82) is 0 Å². The molecule has 0 saturated carbocycles. The first-order chi connectivity index (χ1) is 21.4. The van der Waals surface area contributed by atoms with Crippen LogP contribution in [0.15, 0.2) is 95.9 Å². The van der Waals surface area contributed by atoms with E-state index in [0.29, 0.717) is 33.7 Å². The number of benzene rings is 4. The lowest BCUT2D eigenvalue weighted by Crippen LogP contribution is -2.47. The molecule has 0 aromatic heterocycles. The first-order valence-corrected chi connectivity index (χ1v) is 15.3. The van der Waals surface area contributed by atoms with E-state index in [-0.39, 0.29) is 29.8 Å². The molecule has 0 unspecified atom stereocenters. The SMILES string of the molecule is COC(=O)Cc1ccc(CNC(=O)[C@@H]2Cc3ccccc3N2S(=O)(=O)c2ccc(-c3cccc(C(F)(F)F)c3)cc2)c(OC)c1. The molecule has 234 valence electrons. The third-order valence-corrected chi connectivity index (χ3v) is 9.38. The van der Waals surface area contributed by atoms with Gasteiger partial charge in [-0.05, 0) is 58.7 Å². The van der Waals surface area contributed by atoms with Crippen LogP contribution in [0, 0.1) is 0 Å². The lowest BCUT2D eigenvalue weighted by molar-refractivity contribution is -0.140. The molecular formula is C33H29F3N2O6S. The molecule has 1 aliphatic rings. The second kappa shape index (κ2) is 12.6. The molecule has 5 rings (SSSR count). The minimum Gasteiger partial charge on any atom is -0.496 e. The van der Waals surface area contributed by atoms with Crippen LogP contribution >= 0.6 is 0 Å². The molecule has 0 fully saturated rings. The molecule has 4 aromatic carbocycles. The number of esters is 1. The molecule has 8 nitrogen and oxygen atoms in total.